The van der Waals surface area contributed by atoms with E-state index in [4.69, 9.17) is 5.11 Å². The molecule has 100 valence electrons. The van der Waals surface area contributed by atoms with Crippen molar-refractivity contribution in [2.45, 2.75) is 6.92 Å². The van der Waals surface area contributed by atoms with Gasteiger partial charge in [0.15, 0.2) is 0 Å². The van der Waals surface area contributed by atoms with E-state index in [9.17, 15) is 4.79 Å². The van der Waals surface area contributed by atoms with E-state index in [-0.39, 0.29) is 5.56 Å². The molecular weight excluding hydrogens is 320 g/mol. The Bertz CT molecular complexity index is 824. The number of rotatable bonds is 2. The SMILES string of the molecule is Cc1ccccc1-c1nc(Br)c2ccc(C(=O)O)cn12. The summed E-state index contributed by atoms with van der Waals surface area (Å²) in [6, 6.07) is 11.2. The Morgan fingerprint density at radius 1 is 1.25 bits per heavy atom. The van der Waals surface area contributed by atoms with Gasteiger partial charge in [0, 0.05) is 11.8 Å². The Morgan fingerprint density at radius 3 is 2.70 bits per heavy atom. The number of benzene rings is 1. The van der Waals surface area contributed by atoms with E-state index in [1.54, 1.807) is 22.7 Å². The van der Waals surface area contributed by atoms with Crippen molar-refractivity contribution in [3.63, 3.8) is 0 Å². The molecule has 0 aliphatic rings. The van der Waals surface area contributed by atoms with Crippen LogP contribution in [0.3, 0.4) is 0 Å². The van der Waals surface area contributed by atoms with Crippen LogP contribution in [-0.4, -0.2) is 20.5 Å². The van der Waals surface area contributed by atoms with Crippen LogP contribution in [0.4, 0.5) is 0 Å². The molecule has 2 aromatic heterocycles. The molecule has 0 aliphatic heterocycles. The Hall–Kier alpha value is -2.14. The first-order valence-corrected chi connectivity index (χ1v) is 6.84. The van der Waals surface area contributed by atoms with Crippen LogP contribution in [0.5, 0.6) is 0 Å². The standard InChI is InChI=1S/C15H11BrN2O2/c1-9-4-2-3-5-11(9)14-17-13(16)12-7-6-10(15(19)20)8-18(12)14/h2-8H,1H3,(H,19,20). The predicted molar refractivity (Wildman–Crippen MR) is 80.0 cm³/mol. The summed E-state index contributed by atoms with van der Waals surface area (Å²) in [6.07, 6.45) is 1.59. The van der Waals surface area contributed by atoms with Gasteiger partial charge in [-0.25, -0.2) is 9.78 Å². The van der Waals surface area contributed by atoms with Crippen molar-refractivity contribution in [1.29, 1.82) is 0 Å². The topological polar surface area (TPSA) is 54.6 Å². The summed E-state index contributed by atoms with van der Waals surface area (Å²) in [5, 5.41) is 9.12. The molecule has 0 aliphatic carbocycles. The van der Waals surface area contributed by atoms with E-state index >= 15 is 0 Å². The molecule has 0 fully saturated rings. The van der Waals surface area contributed by atoms with Gasteiger partial charge in [-0.05, 0) is 40.5 Å². The highest BCUT2D eigenvalue weighted by molar-refractivity contribution is 9.10. The Kier molecular flexibility index (Phi) is 3.06. The zero-order valence-electron chi connectivity index (χ0n) is 10.7. The molecule has 1 aromatic carbocycles. The number of carboxylic acid groups (broad SMARTS) is 1. The summed E-state index contributed by atoms with van der Waals surface area (Å²) in [7, 11) is 0. The zero-order valence-corrected chi connectivity index (χ0v) is 12.3. The van der Waals surface area contributed by atoms with Crippen LogP contribution in [0.15, 0.2) is 47.2 Å². The zero-order chi connectivity index (χ0) is 14.3. The Balaban J connectivity index is 2.33. The average molecular weight is 331 g/mol. The number of pyridine rings is 1. The number of aromatic carboxylic acids is 1. The van der Waals surface area contributed by atoms with Crippen molar-refractivity contribution in [2.24, 2.45) is 0 Å². The van der Waals surface area contributed by atoms with Crippen molar-refractivity contribution in [1.82, 2.24) is 9.38 Å². The highest BCUT2D eigenvalue weighted by Gasteiger charge is 2.14. The molecule has 0 amide bonds. The fraction of sp³-hybridized carbons (Fsp3) is 0.0667. The number of imidazole rings is 1. The molecule has 1 N–H and O–H groups in total. The third-order valence-electron chi connectivity index (χ3n) is 3.23. The van der Waals surface area contributed by atoms with Crippen LogP contribution >= 0.6 is 15.9 Å². The van der Waals surface area contributed by atoms with Gasteiger partial charge in [-0.1, -0.05) is 24.3 Å². The van der Waals surface area contributed by atoms with Gasteiger partial charge >= 0.3 is 5.97 Å². The van der Waals surface area contributed by atoms with Gasteiger partial charge in [-0.2, -0.15) is 0 Å². The maximum atomic E-state index is 11.1. The lowest BCUT2D eigenvalue weighted by atomic mass is 10.1. The van der Waals surface area contributed by atoms with Crippen molar-refractivity contribution in [3.05, 3.63) is 58.3 Å². The van der Waals surface area contributed by atoms with E-state index in [0.717, 1.165) is 22.5 Å². The number of carboxylic acids is 1. The van der Waals surface area contributed by atoms with Crippen LogP contribution in [0.25, 0.3) is 16.9 Å². The molecule has 3 rings (SSSR count). The number of fused-ring (bicyclic) bond motifs is 1. The number of hydrogen-bond acceptors (Lipinski definition) is 2. The second-order valence-corrected chi connectivity index (χ2v) is 5.27. The van der Waals surface area contributed by atoms with E-state index < -0.39 is 5.97 Å². The number of nitrogens with zero attached hydrogens (tertiary/aromatic N) is 2. The van der Waals surface area contributed by atoms with Crippen LogP contribution in [-0.2, 0) is 0 Å². The van der Waals surface area contributed by atoms with E-state index in [1.807, 2.05) is 31.2 Å². The molecular formula is C15H11BrN2O2. The van der Waals surface area contributed by atoms with E-state index in [2.05, 4.69) is 20.9 Å². The molecule has 4 nitrogen and oxygen atoms in total. The molecule has 3 aromatic rings. The number of hydrogen-bond donors (Lipinski definition) is 1. The van der Waals surface area contributed by atoms with Crippen LogP contribution in [0.2, 0.25) is 0 Å². The van der Waals surface area contributed by atoms with Gasteiger partial charge in [-0.15, -0.1) is 0 Å². The van der Waals surface area contributed by atoms with Gasteiger partial charge < -0.3 is 5.11 Å². The largest absolute Gasteiger partial charge is 0.478 e. The summed E-state index contributed by atoms with van der Waals surface area (Å²) in [6.45, 7) is 2.01. The molecule has 0 atom stereocenters. The first-order chi connectivity index (χ1) is 9.58. The summed E-state index contributed by atoms with van der Waals surface area (Å²) < 4.78 is 2.50. The highest BCUT2D eigenvalue weighted by Crippen LogP contribution is 2.28. The van der Waals surface area contributed by atoms with Crippen LogP contribution in [0.1, 0.15) is 15.9 Å². The fourth-order valence-corrected chi connectivity index (χ4v) is 2.68. The van der Waals surface area contributed by atoms with Gasteiger partial charge in [-0.3, -0.25) is 4.40 Å². The van der Waals surface area contributed by atoms with Gasteiger partial charge in [0.25, 0.3) is 0 Å². The Labute approximate surface area is 123 Å². The van der Waals surface area contributed by atoms with E-state index in [1.165, 1.54) is 0 Å². The molecule has 0 saturated carbocycles. The lowest BCUT2D eigenvalue weighted by Crippen LogP contribution is -1.99. The summed E-state index contributed by atoms with van der Waals surface area (Å²) in [5.74, 6) is -0.222. The molecule has 0 spiro atoms. The molecule has 0 bridgehead atoms. The lowest BCUT2D eigenvalue weighted by molar-refractivity contribution is 0.0696. The minimum absolute atomic E-state index is 0.234. The minimum atomic E-state index is -0.951. The van der Waals surface area contributed by atoms with Crippen molar-refractivity contribution >= 4 is 27.4 Å². The van der Waals surface area contributed by atoms with Gasteiger partial charge in [0.1, 0.15) is 10.4 Å². The lowest BCUT2D eigenvalue weighted by Gasteiger charge is -2.05. The Morgan fingerprint density at radius 2 is 2.00 bits per heavy atom. The van der Waals surface area contributed by atoms with Crippen molar-refractivity contribution in [2.75, 3.05) is 0 Å². The predicted octanol–water partition coefficient (Wildman–Crippen LogP) is 3.77. The third kappa shape index (κ3) is 2.00. The highest BCUT2D eigenvalue weighted by atomic mass is 79.9. The summed E-state index contributed by atoms with van der Waals surface area (Å²) in [4.78, 5) is 15.6. The first-order valence-electron chi connectivity index (χ1n) is 6.05. The molecule has 5 heteroatoms. The van der Waals surface area contributed by atoms with Crippen LogP contribution in [0, 0.1) is 6.92 Å². The number of aryl methyl sites for hydroxylation is 1. The molecule has 0 unspecified atom stereocenters. The normalized spacial score (nSPS) is 10.9. The first kappa shape index (κ1) is 12.9. The smallest absolute Gasteiger partial charge is 0.337 e. The summed E-state index contributed by atoms with van der Waals surface area (Å²) in [5.41, 5.74) is 3.15. The minimum Gasteiger partial charge on any atom is -0.478 e. The third-order valence-corrected chi connectivity index (χ3v) is 3.81. The quantitative estimate of drug-likeness (QED) is 0.778. The molecule has 2 heterocycles. The molecule has 0 saturated heterocycles. The van der Waals surface area contributed by atoms with Crippen molar-refractivity contribution in [3.8, 4) is 11.4 Å². The average Bonchev–Trinajstić information content (AvgIpc) is 2.76. The number of carbonyl (C=O) groups is 1. The maximum Gasteiger partial charge on any atom is 0.337 e. The second kappa shape index (κ2) is 4.76. The number of aromatic nitrogens is 2. The number of halogens is 1. The molecule has 0 radical (unpaired) electrons. The fourth-order valence-electron chi connectivity index (χ4n) is 2.19. The second-order valence-electron chi connectivity index (χ2n) is 4.52. The maximum absolute atomic E-state index is 11.1. The van der Waals surface area contributed by atoms with E-state index in [0.29, 0.717) is 4.60 Å². The van der Waals surface area contributed by atoms with Crippen LogP contribution < -0.4 is 0 Å². The van der Waals surface area contributed by atoms with Gasteiger partial charge in [0.05, 0.1) is 11.1 Å². The van der Waals surface area contributed by atoms with Crippen molar-refractivity contribution < 1.29 is 9.90 Å². The molecule has 20 heavy (non-hydrogen) atoms. The summed E-state index contributed by atoms with van der Waals surface area (Å²) >= 11 is 3.42. The van der Waals surface area contributed by atoms with Gasteiger partial charge in [0.2, 0.25) is 0 Å². The monoisotopic (exact) mass is 330 g/mol.